The van der Waals surface area contributed by atoms with Crippen LogP contribution in [0.1, 0.15) is 11.4 Å². The molecule has 2 aromatic heterocycles. The van der Waals surface area contributed by atoms with Crippen LogP contribution in [0.4, 0.5) is 14.5 Å². The molecule has 2 aromatic rings. The number of rotatable bonds is 5. The number of nitrogens with zero attached hydrogens (tertiary/aromatic N) is 6. The Labute approximate surface area is 144 Å². The van der Waals surface area contributed by atoms with Crippen LogP contribution in [0, 0.1) is 6.92 Å². The number of aryl methyl sites for hydroxylation is 2. The van der Waals surface area contributed by atoms with Gasteiger partial charge in [-0.25, -0.2) is 13.5 Å². The van der Waals surface area contributed by atoms with E-state index in [1.807, 2.05) is 18.7 Å². The number of hydrogen-bond acceptors (Lipinski definition) is 5. The number of hydrogen-bond donors (Lipinski definition) is 0. The number of piperazine rings is 1. The van der Waals surface area contributed by atoms with Gasteiger partial charge in [-0.3, -0.25) is 14.4 Å². The first-order valence-corrected chi connectivity index (χ1v) is 8.24. The van der Waals surface area contributed by atoms with E-state index >= 15 is 0 Å². The smallest absolute Gasteiger partial charge is 0.269 e. The normalized spacial score (nSPS) is 16.0. The van der Waals surface area contributed by atoms with E-state index in [9.17, 15) is 13.6 Å². The third kappa shape index (κ3) is 4.22. The third-order valence-corrected chi connectivity index (χ3v) is 4.45. The van der Waals surface area contributed by atoms with Crippen molar-refractivity contribution < 1.29 is 8.78 Å². The van der Waals surface area contributed by atoms with Crippen molar-refractivity contribution in [1.29, 1.82) is 0 Å². The average Bonchev–Trinajstić information content (AvgIpc) is 2.87. The summed E-state index contributed by atoms with van der Waals surface area (Å²) >= 11 is 0. The molecule has 0 amide bonds. The highest BCUT2D eigenvalue weighted by Crippen LogP contribution is 2.15. The first-order valence-electron chi connectivity index (χ1n) is 8.24. The minimum absolute atomic E-state index is 0.496. The fourth-order valence-electron chi connectivity index (χ4n) is 2.97. The highest BCUT2D eigenvalue weighted by atomic mass is 19.3. The maximum atomic E-state index is 12.4. The molecule has 0 N–H and O–H groups in total. The number of alkyl halides is 2. The molecule has 3 heterocycles. The molecular formula is C16H22F2N6O. The Morgan fingerprint density at radius 3 is 2.48 bits per heavy atom. The average molecular weight is 352 g/mol. The third-order valence-electron chi connectivity index (χ3n) is 4.45. The van der Waals surface area contributed by atoms with E-state index in [2.05, 4.69) is 26.1 Å². The van der Waals surface area contributed by atoms with Crippen LogP contribution in [-0.4, -0.2) is 57.1 Å². The minimum Gasteiger partial charge on any atom is -0.368 e. The van der Waals surface area contributed by atoms with Crippen LogP contribution < -0.4 is 10.5 Å². The highest BCUT2D eigenvalue weighted by Gasteiger charge is 2.19. The summed E-state index contributed by atoms with van der Waals surface area (Å²) in [5, 5.41) is 8.32. The molecule has 3 rings (SSSR count). The molecule has 0 aromatic carbocycles. The maximum Gasteiger partial charge on any atom is 0.269 e. The Morgan fingerprint density at radius 1 is 1.20 bits per heavy atom. The van der Waals surface area contributed by atoms with Crippen molar-refractivity contribution in [2.45, 2.75) is 26.4 Å². The van der Waals surface area contributed by atoms with Gasteiger partial charge in [0, 0.05) is 51.5 Å². The topological polar surface area (TPSA) is 59.2 Å². The largest absolute Gasteiger partial charge is 0.368 e. The summed E-state index contributed by atoms with van der Waals surface area (Å²) in [7, 11) is 1.93. The molecule has 1 fully saturated rings. The second-order valence-electron chi connectivity index (χ2n) is 6.29. The molecule has 25 heavy (non-hydrogen) atoms. The van der Waals surface area contributed by atoms with Crippen LogP contribution in [0.15, 0.2) is 23.1 Å². The molecule has 1 aliphatic rings. The van der Waals surface area contributed by atoms with E-state index in [4.69, 9.17) is 0 Å². The van der Waals surface area contributed by atoms with Crippen molar-refractivity contribution in [3.8, 4) is 0 Å². The van der Waals surface area contributed by atoms with E-state index in [0.717, 1.165) is 48.8 Å². The number of aromatic nitrogens is 4. The molecule has 1 saturated heterocycles. The molecule has 0 radical (unpaired) electrons. The number of halogens is 2. The van der Waals surface area contributed by atoms with Crippen LogP contribution >= 0.6 is 0 Å². The van der Waals surface area contributed by atoms with E-state index in [0.29, 0.717) is 5.69 Å². The lowest BCUT2D eigenvalue weighted by Crippen LogP contribution is -2.46. The Hall–Kier alpha value is -2.29. The lowest BCUT2D eigenvalue weighted by molar-refractivity contribution is 0.119. The minimum atomic E-state index is -2.59. The van der Waals surface area contributed by atoms with Gasteiger partial charge in [-0.15, -0.1) is 0 Å². The standard InChI is InChI=1S/C16H22F2N6O/c1-12-7-13(20-21(12)2)10-22-3-5-23(6-4-22)14-8-16(25)24(19-9-14)11-15(17)18/h7-9,15H,3-6,10-11H2,1-2H3. The zero-order chi connectivity index (χ0) is 18.0. The van der Waals surface area contributed by atoms with Gasteiger partial charge in [-0.2, -0.15) is 10.2 Å². The second-order valence-corrected chi connectivity index (χ2v) is 6.29. The molecular weight excluding hydrogens is 330 g/mol. The SMILES string of the molecule is Cc1cc(CN2CCN(c3cnn(CC(F)F)c(=O)c3)CC2)nn1C. The van der Waals surface area contributed by atoms with Crippen LogP contribution in [0.3, 0.4) is 0 Å². The monoisotopic (exact) mass is 352 g/mol. The van der Waals surface area contributed by atoms with Gasteiger partial charge in [0.25, 0.3) is 12.0 Å². The Bertz CT molecular complexity index is 760. The van der Waals surface area contributed by atoms with Crippen LogP contribution in [0.2, 0.25) is 0 Å². The van der Waals surface area contributed by atoms with Gasteiger partial charge >= 0.3 is 0 Å². The lowest BCUT2D eigenvalue weighted by atomic mass is 10.2. The van der Waals surface area contributed by atoms with Gasteiger partial charge in [0.15, 0.2) is 0 Å². The highest BCUT2D eigenvalue weighted by molar-refractivity contribution is 5.43. The molecule has 9 heteroatoms. The molecule has 7 nitrogen and oxygen atoms in total. The molecule has 0 bridgehead atoms. The predicted octanol–water partition coefficient (Wildman–Crippen LogP) is 0.873. The summed E-state index contributed by atoms with van der Waals surface area (Å²) in [5.41, 5.74) is 2.36. The van der Waals surface area contributed by atoms with Crippen molar-refractivity contribution in [3.05, 3.63) is 40.1 Å². The predicted molar refractivity (Wildman–Crippen MR) is 89.9 cm³/mol. The molecule has 1 aliphatic heterocycles. The van der Waals surface area contributed by atoms with E-state index in [1.54, 1.807) is 0 Å². The molecule has 0 atom stereocenters. The first kappa shape index (κ1) is 17.5. The van der Waals surface area contributed by atoms with Crippen LogP contribution in [0.5, 0.6) is 0 Å². The number of anilines is 1. The van der Waals surface area contributed by atoms with Crippen molar-refractivity contribution in [1.82, 2.24) is 24.5 Å². The van der Waals surface area contributed by atoms with Crippen molar-refractivity contribution in [2.75, 3.05) is 31.1 Å². The summed E-state index contributed by atoms with van der Waals surface area (Å²) < 4.78 is 27.4. The zero-order valence-electron chi connectivity index (χ0n) is 14.4. The molecule has 0 aliphatic carbocycles. The maximum absolute atomic E-state index is 12.4. The van der Waals surface area contributed by atoms with E-state index in [1.165, 1.54) is 12.3 Å². The van der Waals surface area contributed by atoms with Gasteiger partial charge < -0.3 is 4.90 Å². The van der Waals surface area contributed by atoms with Crippen LogP contribution in [0.25, 0.3) is 0 Å². The Balaban J connectivity index is 1.58. The van der Waals surface area contributed by atoms with Crippen molar-refractivity contribution in [3.63, 3.8) is 0 Å². The summed E-state index contributed by atoms with van der Waals surface area (Å²) in [5.74, 6) is 0. The second kappa shape index (κ2) is 7.30. The summed E-state index contributed by atoms with van der Waals surface area (Å²) in [6.45, 7) is 5.35. The van der Waals surface area contributed by atoms with Gasteiger partial charge in [-0.05, 0) is 13.0 Å². The summed E-state index contributed by atoms with van der Waals surface area (Å²) in [6, 6.07) is 3.46. The Kier molecular flexibility index (Phi) is 5.12. The van der Waals surface area contributed by atoms with Gasteiger partial charge in [0.2, 0.25) is 0 Å². The van der Waals surface area contributed by atoms with Gasteiger partial charge in [0.05, 0.1) is 17.6 Å². The van der Waals surface area contributed by atoms with Crippen molar-refractivity contribution in [2.24, 2.45) is 7.05 Å². The molecule has 0 unspecified atom stereocenters. The zero-order valence-corrected chi connectivity index (χ0v) is 14.4. The van der Waals surface area contributed by atoms with Crippen molar-refractivity contribution >= 4 is 5.69 Å². The quantitative estimate of drug-likeness (QED) is 0.799. The molecule has 136 valence electrons. The Morgan fingerprint density at radius 2 is 1.92 bits per heavy atom. The van der Waals surface area contributed by atoms with Gasteiger partial charge in [0.1, 0.15) is 6.54 Å². The lowest BCUT2D eigenvalue weighted by Gasteiger charge is -2.35. The first-order chi connectivity index (χ1) is 11.9. The van der Waals surface area contributed by atoms with E-state index in [-0.39, 0.29) is 0 Å². The molecule has 0 saturated carbocycles. The summed E-state index contributed by atoms with van der Waals surface area (Å²) in [6.07, 6.45) is -1.10. The van der Waals surface area contributed by atoms with E-state index < -0.39 is 18.5 Å². The van der Waals surface area contributed by atoms with Gasteiger partial charge in [-0.1, -0.05) is 0 Å². The van der Waals surface area contributed by atoms with Crippen LogP contribution in [-0.2, 0) is 20.1 Å². The molecule has 0 spiro atoms. The fourth-order valence-corrected chi connectivity index (χ4v) is 2.97. The summed E-state index contributed by atoms with van der Waals surface area (Å²) in [4.78, 5) is 16.2. The fraction of sp³-hybridized carbons (Fsp3) is 0.562.